The Hall–Kier alpha value is -3.51. The van der Waals surface area contributed by atoms with Gasteiger partial charge in [-0.1, -0.05) is 24.3 Å². The van der Waals surface area contributed by atoms with Crippen molar-refractivity contribution < 1.29 is 9.18 Å². The number of imidazole rings is 1. The number of fused-ring (bicyclic) bond motifs is 1. The maximum atomic E-state index is 13.7. The average Bonchev–Trinajstić information content (AvgIpc) is 3.22. The molecule has 0 radical (unpaired) electrons. The van der Waals surface area contributed by atoms with Gasteiger partial charge in [-0.25, -0.2) is 9.37 Å². The zero-order valence-electron chi connectivity index (χ0n) is 21.0. The highest BCUT2D eigenvalue weighted by molar-refractivity contribution is 5.88. The molecule has 5 nitrogen and oxygen atoms in total. The third-order valence-corrected chi connectivity index (χ3v) is 7.21. The second kappa shape index (κ2) is 10.6. The number of piperidine rings is 1. The van der Waals surface area contributed by atoms with Crippen LogP contribution in [0.25, 0.3) is 22.4 Å². The number of amides is 1. The lowest BCUT2D eigenvalue weighted by Crippen LogP contribution is -2.34. The molecule has 0 unspecified atom stereocenters. The van der Waals surface area contributed by atoms with E-state index in [1.54, 1.807) is 13.0 Å². The average molecular weight is 485 g/mol. The summed E-state index contributed by atoms with van der Waals surface area (Å²) in [6, 6.07) is 21.4. The Balaban J connectivity index is 1.23. The molecular weight excluding hydrogens is 451 g/mol. The highest BCUT2D eigenvalue weighted by Gasteiger charge is 2.21. The Bertz CT molecular complexity index is 1370. The Kier molecular flexibility index (Phi) is 7.14. The number of anilines is 1. The normalized spacial score (nSPS) is 14.9. The zero-order valence-corrected chi connectivity index (χ0v) is 21.0. The molecule has 0 aliphatic carbocycles. The van der Waals surface area contributed by atoms with E-state index in [0.717, 1.165) is 79.1 Å². The lowest BCUT2D eigenvalue weighted by Gasteiger charge is -2.32. The molecule has 4 aromatic rings. The van der Waals surface area contributed by atoms with Gasteiger partial charge in [0.2, 0.25) is 5.91 Å². The second-order valence-electron chi connectivity index (χ2n) is 9.81. The summed E-state index contributed by atoms with van der Waals surface area (Å²) < 4.78 is 16.0. The van der Waals surface area contributed by atoms with Crippen LogP contribution in [0.15, 0.2) is 66.7 Å². The van der Waals surface area contributed by atoms with Crippen molar-refractivity contribution in [3.8, 4) is 11.4 Å². The monoisotopic (exact) mass is 484 g/mol. The predicted molar refractivity (Wildman–Crippen MR) is 144 cm³/mol. The number of carbonyl (C=O) groups is 1. The third-order valence-electron chi connectivity index (χ3n) is 7.21. The molecular formula is C30H33FN4O. The minimum absolute atomic E-state index is 0.0367. The summed E-state index contributed by atoms with van der Waals surface area (Å²) in [6.07, 6.45) is 3.27. The number of rotatable bonds is 7. The van der Waals surface area contributed by atoms with Crippen LogP contribution in [0.3, 0.4) is 0 Å². The number of aryl methyl sites for hydroxylation is 2. The maximum absolute atomic E-state index is 13.7. The van der Waals surface area contributed by atoms with E-state index < -0.39 is 0 Å². The van der Waals surface area contributed by atoms with Crippen LogP contribution >= 0.6 is 0 Å². The number of hydrogen-bond acceptors (Lipinski definition) is 3. The highest BCUT2D eigenvalue weighted by atomic mass is 19.1. The van der Waals surface area contributed by atoms with Gasteiger partial charge in [-0.15, -0.1) is 0 Å². The molecule has 2 heterocycles. The molecule has 0 spiro atoms. The minimum atomic E-state index is -0.218. The first-order chi connectivity index (χ1) is 17.5. The zero-order chi connectivity index (χ0) is 25.1. The first kappa shape index (κ1) is 24.2. The van der Waals surface area contributed by atoms with Crippen LogP contribution < -0.4 is 5.32 Å². The Labute approximate surface area is 212 Å². The molecule has 3 aromatic carbocycles. The van der Waals surface area contributed by atoms with Gasteiger partial charge in [0.05, 0.1) is 11.0 Å². The van der Waals surface area contributed by atoms with Gasteiger partial charge >= 0.3 is 0 Å². The van der Waals surface area contributed by atoms with Crippen LogP contribution in [0.5, 0.6) is 0 Å². The fraction of sp³-hybridized carbons (Fsp3) is 0.333. The quantitative estimate of drug-likeness (QED) is 0.331. The summed E-state index contributed by atoms with van der Waals surface area (Å²) >= 11 is 0. The Morgan fingerprint density at radius 3 is 2.61 bits per heavy atom. The Morgan fingerprint density at radius 2 is 1.83 bits per heavy atom. The molecule has 0 atom stereocenters. The van der Waals surface area contributed by atoms with Crippen molar-refractivity contribution in [3.63, 3.8) is 0 Å². The highest BCUT2D eigenvalue weighted by Crippen LogP contribution is 2.31. The number of aromatic nitrogens is 2. The fourth-order valence-corrected chi connectivity index (χ4v) is 5.40. The molecule has 1 amide bonds. The smallest absolute Gasteiger partial charge is 0.221 e. The molecule has 6 heteroatoms. The van der Waals surface area contributed by atoms with Gasteiger partial charge in [-0.2, -0.15) is 0 Å². The van der Waals surface area contributed by atoms with Gasteiger partial charge in [-0.3, -0.25) is 4.79 Å². The molecule has 186 valence electrons. The van der Waals surface area contributed by atoms with Gasteiger partial charge in [0, 0.05) is 24.7 Å². The van der Waals surface area contributed by atoms with E-state index in [4.69, 9.17) is 4.98 Å². The van der Waals surface area contributed by atoms with Gasteiger partial charge in [0.25, 0.3) is 0 Å². The van der Waals surface area contributed by atoms with Crippen molar-refractivity contribution in [2.45, 2.75) is 45.6 Å². The molecule has 1 aromatic heterocycles. The van der Waals surface area contributed by atoms with Crippen LogP contribution in [-0.4, -0.2) is 40.0 Å². The summed E-state index contributed by atoms with van der Waals surface area (Å²) in [5, 5.41) is 2.89. The summed E-state index contributed by atoms with van der Waals surface area (Å²) in [5.74, 6) is 1.18. The third kappa shape index (κ3) is 5.34. The van der Waals surface area contributed by atoms with E-state index >= 15 is 0 Å². The number of benzene rings is 3. The maximum Gasteiger partial charge on any atom is 0.221 e. The van der Waals surface area contributed by atoms with E-state index in [2.05, 4.69) is 33.0 Å². The SMILES string of the molecule is CC(=O)Nc1cccc(C2CCN(CCCn3c(-c4ccc(F)cc4C)nc4ccccc43)CC2)c1. The fourth-order valence-electron chi connectivity index (χ4n) is 5.40. The summed E-state index contributed by atoms with van der Waals surface area (Å²) in [7, 11) is 0. The van der Waals surface area contributed by atoms with Crippen molar-refractivity contribution in [2.24, 2.45) is 0 Å². The molecule has 1 aliphatic rings. The van der Waals surface area contributed by atoms with Crippen LogP contribution in [0.4, 0.5) is 10.1 Å². The number of hydrogen-bond donors (Lipinski definition) is 1. The van der Waals surface area contributed by atoms with Crippen molar-refractivity contribution >= 4 is 22.6 Å². The second-order valence-corrected chi connectivity index (χ2v) is 9.81. The first-order valence-corrected chi connectivity index (χ1v) is 12.8. The van der Waals surface area contributed by atoms with E-state index in [1.165, 1.54) is 11.6 Å². The van der Waals surface area contributed by atoms with Crippen LogP contribution in [0.2, 0.25) is 0 Å². The standard InChI is InChI=1S/C30H33FN4O/c1-21-19-25(31)11-12-27(21)30-33-28-9-3-4-10-29(28)35(30)16-6-15-34-17-13-23(14-18-34)24-7-5-8-26(20-24)32-22(2)36/h3-5,7-12,19-20,23H,6,13-18H2,1-2H3,(H,32,36). The number of halogens is 1. The molecule has 0 bridgehead atoms. The number of nitrogens with one attached hydrogen (secondary N) is 1. The van der Waals surface area contributed by atoms with Gasteiger partial charge in [-0.05, 0) is 105 Å². The summed E-state index contributed by atoms with van der Waals surface area (Å²) in [5.41, 5.74) is 6.16. The van der Waals surface area contributed by atoms with Crippen molar-refractivity contribution in [2.75, 3.05) is 25.0 Å². The predicted octanol–water partition coefficient (Wildman–Crippen LogP) is 6.38. The lowest BCUT2D eigenvalue weighted by atomic mass is 9.89. The minimum Gasteiger partial charge on any atom is -0.326 e. The lowest BCUT2D eigenvalue weighted by molar-refractivity contribution is -0.114. The Morgan fingerprint density at radius 1 is 1.03 bits per heavy atom. The van der Waals surface area contributed by atoms with Gasteiger partial charge in [0.1, 0.15) is 11.6 Å². The molecule has 1 N–H and O–H groups in total. The summed E-state index contributed by atoms with van der Waals surface area (Å²) in [4.78, 5) is 18.9. The topological polar surface area (TPSA) is 50.2 Å². The van der Waals surface area contributed by atoms with Crippen LogP contribution in [0.1, 0.15) is 43.2 Å². The van der Waals surface area contributed by atoms with Crippen molar-refractivity contribution in [1.29, 1.82) is 0 Å². The number of nitrogens with zero attached hydrogens (tertiary/aromatic N) is 3. The molecule has 1 aliphatic heterocycles. The number of para-hydroxylation sites is 2. The van der Waals surface area contributed by atoms with Crippen molar-refractivity contribution in [1.82, 2.24) is 14.5 Å². The summed E-state index contributed by atoms with van der Waals surface area (Å²) in [6.45, 7) is 7.53. The first-order valence-electron chi connectivity index (χ1n) is 12.8. The number of carbonyl (C=O) groups excluding carboxylic acids is 1. The van der Waals surface area contributed by atoms with E-state index in [0.29, 0.717) is 5.92 Å². The molecule has 1 saturated heterocycles. The van der Waals surface area contributed by atoms with Crippen molar-refractivity contribution in [3.05, 3.63) is 83.7 Å². The van der Waals surface area contributed by atoms with E-state index in [1.807, 2.05) is 43.3 Å². The molecule has 0 saturated carbocycles. The molecule has 1 fully saturated rings. The van der Waals surface area contributed by atoms with Crippen LogP contribution in [0, 0.1) is 12.7 Å². The van der Waals surface area contributed by atoms with Gasteiger partial charge < -0.3 is 14.8 Å². The van der Waals surface area contributed by atoms with Gasteiger partial charge in [0.15, 0.2) is 0 Å². The molecule has 5 rings (SSSR count). The largest absolute Gasteiger partial charge is 0.326 e. The van der Waals surface area contributed by atoms with E-state index in [9.17, 15) is 9.18 Å². The van der Waals surface area contributed by atoms with E-state index in [-0.39, 0.29) is 11.7 Å². The van der Waals surface area contributed by atoms with Crippen LogP contribution in [-0.2, 0) is 11.3 Å². The number of likely N-dealkylation sites (tertiary alicyclic amines) is 1. The molecule has 36 heavy (non-hydrogen) atoms.